The number of hydrogen-bond acceptors (Lipinski definition) is 11. The van der Waals surface area contributed by atoms with Crippen molar-refractivity contribution < 1.29 is 52.4 Å². The molecule has 1 amide bonds. The van der Waals surface area contributed by atoms with E-state index in [9.17, 15) is 24.0 Å². The molecule has 1 aliphatic rings. The van der Waals surface area contributed by atoms with E-state index in [1.165, 1.54) is 20.8 Å². The average Bonchev–Trinajstić information content (AvgIpc) is 2.84. The molecule has 0 spiro atoms. The number of rotatable bonds is 13. The van der Waals surface area contributed by atoms with E-state index >= 15 is 0 Å². The fourth-order valence-corrected chi connectivity index (χ4v) is 3.81. The van der Waals surface area contributed by atoms with Gasteiger partial charge in [-0.25, -0.2) is 0 Å². The van der Waals surface area contributed by atoms with Gasteiger partial charge in [-0.15, -0.1) is 0 Å². The number of ether oxygens (including phenoxy) is 6. The second kappa shape index (κ2) is 15.7. The van der Waals surface area contributed by atoms with E-state index in [-0.39, 0.29) is 32.2 Å². The van der Waals surface area contributed by atoms with Gasteiger partial charge in [0.25, 0.3) is 0 Å². The molecular weight excluding hydrogens is 502 g/mol. The van der Waals surface area contributed by atoms with Crippen LogP contribution in [0.5, 0.6) is 0 Å². The van der Waals surface area contributed by atoms with E-state index < -0.39 is 54.5 Å². The molecule has 1 heterocycles. The zero-order valence-corrected chi connectivity index (χ0v) is 22.0. The quantitative estimate of drug-likeness (QED) is 0.222. The van der Waals surface area contributed by atoms with Crippen molar-refractivity contribution in [3.63, 3.8) is 0 Å². The van der Waals surface area contributed by atoms with Crippen LogP contribution in [-0.4, -0.2) is 73.6 Å². The van der Waals surface area contributed by atoms with Crippen LogP contribution in [0.4, 0.5) is 0 Å². The van der Waals surface area contributed by atoms with Crippen LogP contribution in [0.2, 0.25) is 0 Å². The van der Waals surface area contributed by atoms with Crippen LogP contribution >= 0.6 is 0 Å². The van der Waals surface area contributed by atoms with Crippen molar-refractivity contribution in [3.05, 3.63) is 35.9 Å². The summed E-state index contributed by atoms with van der Waals surface area (Å²) in [6.45, 7) is 4.78. The van der Waals surface area contributed by atoms with E-state index in [1.54, 1.807) is 0 Å². The van der Waals surface area contributed by atoms with Gasteiger partial charge in [0, 0.05) is 40.7 Å². The molecule has 12 heteroatoms. The highest BCUT2D eigenvalue weighted by atomic mass is 16.7. The molecule has 1 saturated heterocycles. The zero-order chi connectivity index (χ0) is 28.1. The lowest BCUT2D eigenvalue weighted by Gasteiger charge is -2.44. The van der Waals surface area contributed by atoms with Crippen LogP contribution in [-0.2, 0) is 59.0 Å². The number of benzene rings is 1. The zero-order valence-electron chi connectivity index (χ0n) is 22.0. The Morgan fingerprint density at radius 2 is 1.50 bits per heavy atom. The van der Waals surface area contributed by atoms with Crippen LogP contribution in [0.1, 0.15) is 52.5 Å². The molecule has 2 rings (SSSR count). The van der Waals surface area contributed by atoms with Crippen molar-refractivity contribution in [2.75, 3.05) is 13.2 Å². The topological polar surface area (TPSA) is 153 Å². The Kier molecular flexibility index (Phi) is 12.7. The van der Waals surface area contributed by atoms with Gasteiger partial charge in [0.05, 0.1) is 0 Å². The molecule has 0 aliphatic carbocycles. The summed E-state index contributed by atoms with van der Waals surface area (Å²) < 4.78 is 32.8. The third kappa shape index (κ3) is 10.9. The molecule has 1 aromatic rings. The minimum atomic E-state index is -1.19. The summed E-state index contributed by atoms with van der Waals surface area (Å²) in [5, 5.41) is 2.63. The number of carbonyl (C=O) groups excluding carboxylic acids is 5. The molecule has 1 aliphatic heterocycles. The van der Waals surface area contributed by atoms with Crippen LogP contribution in [0.15, 0.2) is 30.3 Å². The number of nitrogens with one attached hydrogen (secondary N) is 1. The van der Waals surface area contributed by atoms with E-state index in [1.807, 2.05) is 30.3 Å². The summed E-state index contributed by atoms with van der Waals surface area (Å²) in [5.74, 6) is -2.79. The summed E-state index contributed by atoms with van der Waals surface area (Å²) >= 11 is 0. The van der Waals surface area contributed by atoms with Crippen molar-refractivity contribution in [1.29, 1.82) is 0 Å². The Morgan fingerprint density at radius 3 is 2.11 bits per heavy atom. The molecule has 0 aromatic heterocycles. The van der Waals surface area contributed by atoms with E-state index in [4.69, 9.17) is 28.4 Å². The van der Waals surface area contributed by atoms with Gasteiger partial charge in [-0.05, 0) is 18.4 Å². The SMILES string of the molecule is CC(=O)NC1C(OCCCCC(=O)OCc2ccccc2)OC(COC(C)=O)C(OC(C)=O)C1OC(C)=O. The first kappa shape index (κ1) is 30.7. The maximum Gasteiger partial charge on any atom is 0.306 e. The number of esters is 4. The molecule has 1 fully saturated rings. The molecule has 38 heavy (non-hydrogen) atoms. The first-order valence-electron chi connectivity index (χ1n) is 12.3. The van der Waals surface area contributed by atoms with Gasteiger partial charge in [-0.3, -0.25) is 24.0 Å². The highest BCUT2D eigenvalue weighted by Gasteiger charge is 2.51. The first-order chi connectivity index (χ1) is 18.1. The summed E-state index contributed by atoms with van der Waals surface area (Å²) in [7, 11) is 0. The maximum absolute atomic E-state index is 12.0. The first-order valence-corrected chi connectivity index (χ1v) is 12.3. The lowest BCUT2D eigenvalue weighted by Crippen LogP contribution is -2.66. The van der Waals surface area contributed by atoms with Crippen molar-refractivity contribution in [3.8, 4) is 0 Å². The van der Waals surface area contributed by atoms with E-state index in [0.29, 0.717) is 12.8 Å². The van der Waals surface area contributed by atoms with Crippen LogP contribution in [0, 0.1) is 0 Å². The van der Waals surface area contributed by atoms with E-state index in [2.05, 4.69) is 5.32 Å². The maximum atomic E-state index is 12.0. The molecule has 12 nitrogen and oxygen atoms in total. The third-order valence-electron chi connectivity index (χ3n) is 5.37. The van der Waals surface area contributed by atoms with Crippen molar-refractivity contribution in [1.82, 2.24) is 5.32 Å². The molecule has 0 saturated carbocycles. The molecule has 0 bridgehead atoms. The molecule has 5 unspecified atom stereocenters. The van der Waals surface area contributed by atoms with Gasteiger partial charge >= 0.3 is 23.9 Å². The fraction of sp³-hybridized carbons (Fsp3) is 0.577. The fourth-order valence-electron chi connectivity index (χ4n) is 3.81. The van der Waals surface area contributed by atoms with Crippen molar-refractivity contribution >= 4 is 29.8 Å². The second-order valence-corrected chi connectivity index (χ2v) is 8.69. The van der Waals surface area contributed by atoms with Crippen LogP contribution in [0.3, 0.4) is 0 Å². The molecular formula is C26H35NO11. The smallest absolute Gasteiger partial charge is 0.306 e. The lowest BCUT2D eigenvalue weighted by molar-refractivity contribution is -0.277. The Bertz CT molecular complexity index is 952. The summed E-state index contributed by atoms with van der Waals surface area (Å²) in [5.41, 5.74) is 0.889. The van der Waals surface area contributed by atoms with Gasteiger partial charge in [0.2, 0.25) is 5.91 Å². The average molecular weight is 538 g/mol. The summed E-state index contributed by atoms with van der Waals surface area (Å²) in [6.07, 6.45) is -3.47. The lowest BCUT2D eigenvalue weighted by atomic mass is 9.96. The molecule has 210 valence electrons. The van der Waals surface area contributed by atoms with Crippen molar-refractivity contribution in [2.24, 2.45) is 0 Å². The van der Waals surface area contributed by atoms with E-state index in [0.717, 1.165) is 12.5 Å². The van der Waals surface area contributed by atoms with Gasteiger partial charge in [0.15, 0.2) is 18.5 Å². The Hall–Kier alpha value is -3.51. The standard InChI is InChI=1S/C26H35NO11/c1-16(28)27-23-25(37-19(4)31)24(36-18(3)30)21(15-34-17(2)29)38-26(23)33-13-9-8-12-22(32)35-14-20-10-6-5-7-11-20/h5-7,10-11,21,23-26H,8-9,12-15H2,1-4H3,(H,27,28). The number of unbranched alkanes of at least 4 members (excludes halogenated alkanes) is 1. The molecule has 1 N–H and O–H groups in total. The van der Waals surface area contributed by atoms with Crippen LogP contribution in [0.25, 0.3) is 0 Å². The second-order valence-electron chi connectivity index (χ2n) is 8.69. The highest BCUT2D eigenvalue weighted by molar-refractivity contribution is 5.73. The molecule has 5 atom stereocenters. The number of hydrogen-bond donors (Lipinski definition) is 1. The largest absolute Gasteiger partial charge is 0.463 e. The van der Waals surface area contributed by atoms with Gasteiger partial charge in [-0.2, -0.15) is 0 Å². The third-order valence-corrected chi connectivity index (χ3v) is 5.37. The Morgan fingerprint density at radius 1 is 0.842 bits per heavy atom. The number of amides is 1. The molecule has 0 radical (unpaired) electrons. The minimum Gasteiger partial charge on any atom is -0.463 e. The predicted molar refractivity (Wildman–Crippen MR) is 130 cm³/mol. The van der Waals surface area contributed by atoms with Gasteiger partial charge in [-0.1, -0.05) is 30.3 Å². The normalized spacial score (nSPS) is 22.6. The molecule has 1 aromatic carbocycles. The monoisotopic (exact) mass is 537 g/mol. The summed E-state index contributed by atoms with van der Waals surface area (Å²) in [4.78, 5) is 59.0. The van der Waals surface area contributed by atoms with Gasteiger partial charge in [0.1, 0.15) is 25.4 Å². The minimum absolute atomic E-state index is 0.123. The van der Waals surface area contributed by atoms with Crippen LogP contribution < -0.4 is 5.32 Å². The Labute approximate surface area is 221 Å². The Balaban J connectivity index is 2.01. The number of carbonyl (C=O) groups is 5. The predicted octanol–water partition coefficient (Wildman–Crippen LogP) is 1.57. The van der Waals surface area contributed by atoms with Crippen molar-refractivity contribution in [2.45, 2.75) is 84.2 Å². The summed E-state index contributed by atoms with van der Waals surface area (Å²) in [6, 6.07) is 8.28. The highest BCUT2D eigenvalue weighted by Crippen LogP contribution is 2.28. The van der Waals surface area contributed by atoms with Gasteiger partial charge < -0.3 is 33.7 Å².